The van der Waals surface area contributed by atoms with E-state index in [1.165, 1.54) is 31.4 Å². The molecule has 0 bridgehead atoms. The van der Waals surface area contributed by atoms with Crippen molar-refractivity contribution in [2.45, 2.75) is 30.3 Å². The molecule has 2 atom stereocenters. The number of rotatable bonds is 8. The summed E-state index contributed by atoms with van der Waals surface area (Å²) in [7, 11) is -2.64. The number of carbonyl (C=O) groups excluding carboxylic acids is 1. The van der Waals surface area contributed by atoms with Gasteiger partial charge in [0.05, 0.1) is 30.9 Å². The van der Waals surface area contributed by atoms with Crippen molar-refractivity contribution in [2.24, 2.45) is 0 Å². The third-order valence-electron chi connectivity index (χ3n) is 5.84. The number of halogens is 1. The van der Waals surface area contributed by atoms with Crippen LogP contribution in [0.5, 0.6) is 11.5 Å². The van der Waals surface area contributed by atoms with Crippen molar-refractivity contribution in [3.05, 3.63) is 77.7 Å². The summed E-state index contributed by atoms with van der Waals surface area (Å²) < 4.78 is 52.2. The standard InChI is InChI=1S/C25H25FN2O6S/c1-16(17-6-8-18(26)9-7-17)23(30)12-19-10-11-24-25(27-19)28(14-21(15-29)34-24)35(31,32)22-5-3-4-20(13-22)33-2/h3-11,13,16,21,29H,12,14-15H2,1-2H3/t16-,21+/m0/s1. The van der Waals surface area contributed by atoms with E-state index in [-0.39, 0.29) is 47.6 Å². The fourth-order valence-electron chi connectivity index (χ4n) is 3.80. The maximum atomic E-state index is 13.5. The van der Waals surface area contributed by atoms with Crippen LogP contribution in [0.3, 0.4) is 0 Å². The molecule has 1 aliphatic heterocycles. The molecule has 1 N–H and O–H groups in total. The summed E-state index contributed by atoms with van der Waals surface area (Å²) in [5, 5.41) is 9.66. The number of hydrogen-bond donors (Lipinski definition) is 1. The Hall–Kier alpha value is -3.50. The molecule has 1 aromatic heterocycles. The summed E-state index contributed by atoms with van der Waals surface area (Å²) in [6, 6.07) is 14.9. The van der Waals surface area contributed by atoms with Gasteiger partial charge in [0.1, 0.15) is 23.5 Å². The van der Waals surface area contributed by atoms with Crippen molar-refractivity contribution in [1.82, 2.24) is 4.98 Å². The minimum absolute atomic E-state index is 0.00500. The number of nitrogens with zero attached hydrogens (tertiary/aromatic N) is 2. The van der Waals surface area contributed by atoms with Crippen LogP contribution in [0.25, 0.3) is 0 Å². The number of aromatic nitrogens is 1. The molecule has 35 heavy (non-hydrogen) atoms. The van der Waals surface area contributed by atoms with Crippen molar-refractivity contribution in [3.63, 3.8) is 0 Å². The lowest BCUT2D eigenvalue weighted by atomic mass is 9.94. The molecule has 0 saturated heterocycles. The van der Waals surface area contributed by atoms with Gasteiger partial charge in [-0.2, -0.15) is 0 Å². The quantitative estimate of drug-likeness (QED) is 0.507. The average Bonchev–Trinajstić information content (AvgIpc) is 2.88. The third-order valence-corrected chi connectivity index (χ3v) is 7.59. The predicted molar refractivity (Wildman–Crippen MR) is 127 cm³/mol. The first-order valence-corrected chi connectivity index (χ1v) is 12.4. The van der Waals surface area contributed by atoms with Gasteiger partial charge in [0, 0.05) is 18.4 Å². The van der Waals surface area contributed by atoms with E-state index in [9.17, 15) is 22.7 Å². The van der Waals surface area contributed by atoms with E-state index in [2.05, 4.69) is 4.98 Å². The van der Waals surface area contributed by atoms with Crippen LogP contribution in [0, 0.1) is 5.82 Å². The molecule has 1 aliphatic rings. The van der Waals surface area contributed by atoms with Gasteiger partial charge in [-0.05, 0) is 42.0 Å². The second-order valence-corrected chi connectivity index (χ2v) is 10.0. The smallest absolute Gasteiger partial charge is 0.265 e. The predicted octanol–water partition coefficient (Wildman–Crippen LogP) is 3.09. The second kappa shape index (κ2) is 10.0. The van der Waals surface area contributed by atoms with Crippen LogP contribution in [0.2, 0.25) is 0 Å². The molecule has 2 aromatic carbocycles. The van der Waals surface area contributed by atoms with Gasteiger partial charge in [0.2, 0.25) is 0 Å². The number of carbonyl (C=O) groups is 1. The van der Waals surface area contributed by atoms with Crippen LogP contribution in [0.1, 0.15) is 24.1 Å². The number of aliphatic hydroxyl groups is 1. The summed E-state index contributed by atoms with van der Waals surface area (Å²) >= 11 is 0. The van der Waals surface area contributed by atoms with Crippen LogP contribution < -0.4 is 13.8 Å². The van der Waals surface area contributed by atoms with Gasteiger partial charge < -0.3 is 14.6 Å². The summed E-state index contributed by atoms with van der Waals surface area (Å²) in [6.07, 6.45) is -0.835. The van der Waals surface area contributed by atoms with E-state index in [1.54, 1.807) is 43.3 Å². The summed E-state index contributed by atoms with van der Waals surface area (Å²) in [5.74, 6) is -0.443. The first-order chi connectivity index (χ1) is 16.7. The molecule has 0 saturated carbocycles. The van der Waals surface area contributed by atoms with Crippen molar-refractivity contribution >= 4 is 21.6 Å². The highest BCUT2D eigenvalue weighted by atomic mass is 32.2. The van der Waals surface area contributed by atoms with Gasteiger partial charge >= 0.3 is 0 Å². The molecule has 0 amide bonds. The zero-order chi connectivity index (χ0) is 25.2. The molecule has 8 nitrogen and oxygen atoms in total. The zero-order valence-electron chi connectivity index (χ0n) is 19.2. The molecule has 0 aliphatic carbocycles. The maximum Gasteiger partial charge on any atom is 0.265 e. The number of fused-ring (bicyclic) bond motifs is 1. The number of pyridine rings is 1. The maximum absolute atomic E-state index is 13.5. The highest BCUT2D eigenvalue weighted by Crippen LogP contribution is 2.36. The van der Waals surface area contributed by atoms with E-state index >= 15 is 0 Å². The van der Waals surface area contributed by atoms with Crippen LogP contribution in [0.4, 0.5) is 10.2 Å². The molecule has 0 unspecified atom stereocenters. The Morgan fingerprint density at radius 1 is 1.23 bits per heavy atom. The number of ketones is 1. The Morgan fingerprint density at radius 2 is 1.97 bits per heavy atom. The SMILES string of the molecule is COc1cccc(S(=O)(=O)N2C[C@H](CO)Oc3ccc(CC(=O)[C@@H](C)c4ccc(F)cc4)nc32)c1. The van der Waals surface area contributed by atoms with Crippen LogP contribution >= 0.6 is 0 Å². The zero-order valence-corrected chi connectivity index (χ0v) is 20.0. The molecule has 184 valence electrons. The van der Waals surface area contributed by atoms with E-state index in [0.29, 0.717) is 17.0 Å². The summed E-state index contributed by atoms with van der Waals surface area (Å²) in [4.78, 5) is 17.3. The molecule has 0 spiro atoms. The minimum Gasteiger partial charge on any atom is -0.497 e. The lowest BCUT2D eigenvalue weighted by Crippen LogP contribution is -2.45. The Balaban J connectivity index is 1.66. The van der Waals surface area contributed by atoms with Gasteiger partial charge in [-0.3, -0.25) is 4.79 Å². The van der Waals surface area contributed by atoms with Crippen molar-refractivity contribution in [1.29, 1.82) is 0 Å². The van der Waals surface area contributed by atoms with Crippen molar-refractivity contribution in [3.8, 4) is 11.5 Å². The number of methoxy groups -OCH3 is 1. The van der Waals surface area contributed by atoms with Crippen molar-refractivity contribution in [2.75, 3.05) is 24.6 Å². The lowest BCUT2D eigenvalue weighted by molar-refractivity contribution is -0.119. The molecule has 3 aromatic rings. The molecule has 0 fully saturated rings. The van der Waals surface area contributed by atoms with E-state index in [4.69, 9.17) is 9.47 Å². The number of anilines is 1. The molecule has 10 heteroatoms. The van der Waals surface area contributed by atoms with Crippen LogP contribution in [0.15, 0.2) is 65.6 Å². The van der Waals surface area contributed by atoms with Gasteiger partial charge in [-0.1, -0.05) is 25.1 Å². The van der Waals surface area contributed by atoms with E-state index in [1.807, 2.05) is 0 Å². The van der Waals surface area contributed by atoms with E-state index < -0.39 is 22.0 Å². The number of sulfonamides is 1. The molecule has 0 radical (unpaired) electrons. The first kappa shape index (κ1) is 24.6. The fraction of sp³-hybridized carbons (Fsp3) is 0.280. The van der Waals surface area contributed by atoms with Crippen LogP contribution in [-0.4, -0.2) is 50.7 Å². The normalized spacial score (nSPS) is 16.2. The number of aliphatic hydroxyl groups excluding tert-OH is 1. The Kier molecular flexibility index (Phi) is 7.04. The number of hydrogen-bond acceptors (Lipinski definition) is 7. The van der Waals surface area contributed by atoms with Gasteiger partial charge in [-0.25, -0.2) is 22.1 Å². The summed E-state index contributed by atoms with van der Waals surface area (Å²) in [6.45, 7) is 1.18. The van der Waals surface area contributed by atoms with Crippen molar-refractivity contribution < 1.29 is 32.2 Å². The van der Waals surface area contributed by atoms with E-state index in [0.717, 1.165) is 4.31 Å². The van der Waals surface area contributed by atoms with Gasteiger partial charge in [0.25, 0.3) is 10.0 Å². The topological polar surface area (TPSA) is 106 Å². The molecular weight excluding hydrogens is 475 g/mol. The number of Topliss-reactive ketones (excluding diaryl/α,β-unsaturated/α-hetero) is 1. The molecule has 2 heterocycles. The van der Waals surface area contributed by atoms with Gasteiger partial charge in [0.15, 0.2) is 11.6 Å². The minimum atomic E-state index is -4.08. The average molecular weight is 501 g/mol. The Bertz CT molecular complexity index is 1330. The number of ether oxygens (including phenoxy) is 2. The van der Waals surface area contributed by atoms with Crippen LogP contribution in [-0.2, 0) is 21.2 Å². The lowest BCUT2D eigenvalue weighted by Gasteiger charge is -2.34. The highest BCUT2D eigenvalue weighted by molar-refractivity contribution is 7.92. The number of benzene rings is 2. The molecule has 4 rings (SSSR count). The highest BCUT2D eigenvalue weighted by Gasteiger charge is 2.36. The largest absolute Gasteiger partial charge is 0.497 e. The summed E-state index contributed by atoms with van der Waals surface area (Å²) in [5.41, 5.74) is 1.03. The van der Waals surface area contributed by atoms with Gasteiger partial charge in [-0.15, -0.1) is 0 Å². The second-order valence-electron chi connectivity index (χ2n) is 8.18. The molecular formula is C25H25FN2O6S. The fourth-order valence-corrected chi connectivity index (χ4v) is 5.29. The first-order valence-electron chi connectivity index (χ1n) is 11.0. The Morgan fingerprint density at radius 3 is 2.66 bits per heavy atom. The third kappa shape index (κ3) is 5.13. The Labute approximate surface area is 203 Å². The monoisotopic (exact) mass is 500 g/mol.